The molecule has 1 aliphatic rings. The Hall–Kier alpha value is -1.02. The number of benzene rings is 1. The Morgan fingerprint density at radius 3 is 2.68 bits per heavy atom. The average molecular weight is 346 g/mol. The maximum absolute atomic E-state index is 5.91. The Morgan fingerprint density at radius 2 is 2.00 bits per heavy atom. The minimum absolute atomic E-state index is 0.680. The Morgan fingerprint density at radius 1 is 1.20 bits per heavy atom. The third-order valence-corrected chi connectivity index (χ3v) is 5.89. The topological polar surface area (TPSA) is 12.5 Å². The first kappa shape index (κ1) is 20.3. The van der Waals surface area contributed by atoms with Crippen LogP contribution in [0, 0.1) is 12.8 Å². The Bertz CT molecular complexity index is 513. The second-order valence-corrected chi connectivity index (χ2v) is 8.22. The number of hydrogen-bond acceptors (Lipinski definition) is 2. The predicted octanol–water partition coefficient (Wildman–Crippen LogP) is 6.18. The molecule has 1 aromatic rings. The number of aryl methyl sites for hydroxylation is 1. The summed E-state index contributed by atoms with van der Waals surface area (Å²) in [6, 6.07) is 7.61. The van der Waals surface area contributed by atoms with E-state index in [1.54, 1.807) is 0 Å². The molecule has 3 unspecified atom stereocenters. The fourth-order valence-electron chi connectivity index (χ4n) is 4.19. The minimum Gasteiger partial charge on any atom is -0.493 e. The molecular formula is C23H39NO. The second kappa shape index (κ2) is 10.2. The smallest absolute Gasteiger partial charge is 0.122 e. The molecular weight excluding hydrogens is 306 g/mol. The van der Waals surface area contributed by atoms with Gasteiger partial charge in [-0.1, -0.05) is 52.2 Å². The van der Waals surface area contributed by atoms with Crippen LogP contribution in [0.1, 0.15) is 82.8 Å². The normalized spacial score (nSPS) is 22.3. The molecule has 0 aromatic heterocycles. The summed E-state index contributed by atoms with van der Waals surface area (Å²) in [4.78, 5) is 2.59. The highest BCUT2D eigenvalue weighted by Gasteiger charge is 2.30. The van der Waals surface area contributed by atoms with Crippen molar-refractivity contribution in [3.63, 3.8) is 0 Å². The SMILES string of the molecule is CCCCOc1ccc(C2CC(CCC(C)CCC)N(C)C2)cc1C. The molecule has 0 spiro atoms. The lowest BCUT2D eigenvalue weighted by Gasteiger charge is -2.20. The summed E-state index contributed by atoms with van der Waals surface area (Å²) in [5.74, 6) is 2.62. The van der Waals surface area contributed by atoms with Crippen molar-refractivity contribution in [2.24, 2.45) is 5.92 Å². The van der Waals surface area contributed by atoms with E-state index in [1.165, 1.54) is 56.2 Å². The third kappa shape index (κ3) is 6.02. The number of unbranched alkanes of at least 4 members (excludes halogenated alkanes) is 1. The fraction of sp³-hybridized carbons (Fsp3) is 0.739. The first-order valence-corrected chi connectivity index (χ1v) is 10.5. The van der Waals surface area contributed by atoms with Crippen LogP contribution in [0.2, 0.25) is 0 Å². The van der Waals surface area contributed by atoms with E-state index in [4.69, 9.17) is 4.74 Å². The molecule has 25 heavy (non-hydrogen) atoms. The monoisotopic (exact) mass is 345 g/mol. The van der Waals surface area contributed by atoms with Gasteiger partial charge in [-0.25, -0.2) is 0 Å². The van der Waals surface area contributed by atoms with Crippen LogP contribution in [0.4, 0.5) is 0 Å². The first-order valence-electron chi connectivity index (χ1n) is 10.5. The zero-order chi connectivity index (χ0) is 18.2. The molecule has 142 valence electrons. The molecule has 0 aliphatic carbocycles. The van der Waals surface area contributed by atoms with Gasteiger partial charge in [0, 0.05) is 12.6 Å². The van der Waals surface area contributed by atoms with E-state index in [9.17, 15) is 0 Å². The van der Waals surface area contributed by atoms with E-state index in [0.29, 0.717) is 5.92 Å². The molecule has 1 saturated heterocycles. The van der Waals surface area contributed by atoms with Crippen LogP contribution in [0.3, 0.4) is 0 Å². The van der Waals surface area contributed by atoms with Crippen LogP contribution in [-0.4, -0.2) is 31.1 Å². The van der Waals surface area contributed by atoms with Crippen molar-refractivity contribution in [1.82, 2.24) is 4.90 Å². The van der Waals surface area contributed by atoms with Gasteiger partial charge in [-0.15, -0.1) is 0 Å². The molecule has 1 aromatic carbocycles. The van der Waals surface area contributed by atoms with Crippen molar-refractivity contribution in [1.29, 1.82) is 0 Å². The summed E-state index contributed by atoms with van der Waals surface area (Å²) >= 11 is 0. The third-order valence-electron chi connectivity index (χ3n) is 5.89. The second-order valence-electron chi connectivity index (χ2n) is 8.22. The van der Waals surface area contributed by atoms with E-state index < -0.39 is 0 Å². The van der Waals surface area contributed by atoms with Crippen molar-refractivity contribution >= 4 is 0 Å². The number of hydrogen-bond donors (Lipinski definition) is 0. The highest BCUT2D eigenvalue weighted by atomic mass is 16.5. The Kier molecular flexibility index (Phi) is 8.29. The van der Waals surface area contributed by atoms with Gasteiger partial charge >= 0.3 is 0 Å². The molecule has 2 heteroatoms. The first-order chi connectivity index (χ1) is 12.0. The van der Waals surface area contributed by atoms with Crippen LogP contribution < -0.4 is 4.74 Å². The number of likely N-dealkylation sites (N-methyl/N-ethyl adjacent to an activating group) is 1. The number of likely N-dealkylation sites (tertiary alicyclic amines) is 1. The lowest BCUT2D eigenvalue weighted by Crippen LogP contribution is -2.25. The van der Waals surface area contributed by atoms with Crippen LogP contribution in [0.5, 0.6) is 5.75 Å². The Balaban J connectivity index is 1.90. The van der Waals surface area contributed by atoms with Crippen LogP contribution in [0.25, 0.3) is 0 Å². The maximum Gasteiger partial charge on any atom is 0.122 e. The average Bonchev–Trinajstić information content (AvgIpc) is 2.96. The zero-order valence-electron chi connectivity index (χ0n) is 17.2. The summed E-state index contributed by atoms with van der Waals surface area (Å²) in [5, 5.41) is 0. The van der Waals surface area contributed by atoms with Crippen molar-refractivity contribution in [2.45, 2.75) is 84.6 Å². The molecule has 1 heterocycles. The lowest BCUT2D eigenvalue weighted by atomic mass is 9.91. The molecule has 3 atom stereocenters. The molecule has 2 nitrogen and oxygen atoms in total. The predicted molar refractivity (Wildman–Crippen MR) is 109 cm³/mol. The molecule has 0 N–H and O–H groups in total. The van der Waals surface area contributed by atoms with Gasteiger partial charge in [-0.2, -0.15) is 0 Å². The summed E-state index contributed by atoms with van der Waals surface area (Å²) in [6.45, 7) is 11.1. The van der Waals surface area contributed by atoms with Crippen LogP contribution in [-0.2, 0) is 0 Å². The van der Waals surface area contributed by atoms with E-state index in [-0.39, 0.29) is 0 Å². The summed E-state index contributed by atoms with van der Waals surface area (Å²) in [7, 11) is 2.31. The van der Waals surface area contributed by atoms with Gasteiger partial charge in [0.15, 0.2) is 0 Å². The standard InChI is InChI=1S/C23H39NO/c1-6-8-14-25-23-13-11-20(15-19(23)4)21-16-22(24(5)17-21)12-10-18(3)9-7-2/h11,13,15,18,21-22H,6-10,12,14,16-17H2,1-5H3. The van der Waals surface area contributed by atoms with Gasteiger partial charge in [0.1, 0.15) is 5.75 Å². The van der Waals surface area contributed by atoms with Gasteiger partial charge in [0.2, 0.25) is 0 Å². The Labute approximate surface area is 156 Å². The van der Waals surface area contributed by atoms with Crippen molar-refractivity contribution in [2.75, 3.05) is 20.2 Å². The molecule has 1 fully saturated rings. The van der Waals surface area contributed by atoms with Gasteiger partial charge in [0.05, 0.1) is 6.61 Å². The quantitative estimate of drug-likeness (QED) is 0.470. The van der Waals surface area contributed by atoms with E-state index in [1.807, 2.05) is 0 Å². The minimum atomic E-state index is 0.680. The van der Waals surface area contributed by atoms with Gasteiger partial charge < -0.3 is 9.64 Å². The van der Waals surface area contributed by atoms with Crippen LogP contribution in [0.15, 0.2) is 18.2 Å². The van der Waals surface area contributed by atoms with E-state index in [2.05, 4.69) is 57.8 Å². The van der Waals surface area contributed by atoms with Crippen molar-refractivity contribution < 1.29 is 4.74 Å². The van der Waals surface area contributed by atoms with Crippen molar-refractivity contribution in [3.05, 3.63) is 29.3 Å². The lowest BCUT2D eigenvalue weighted by molar-refractivity contribution is 0.276. The number of ether oxygens (including phenoxy) is 1. The molecule has 0 radical (unpaired) electrons. The molecule has 0 saturated carbocycles. The summed E-state index contributed by atoms with van der Waals surface area (Å²) in [6.07, 6.45) is 9.04. The molecule has 0 bridgehead atoms. The summed E-state index contributed by atoms with van der Waals surface area (Å²) < 4.78 is 5.91. The highest BCUT2D eigenvalue weighted by Crippen LogP contribution is 2.35. The highest BCUT2D eigenvalue weighted by molar-refractivity contribution is 5.38. The summed E-state index contributed by atoms with van der Waals surface area (Å²) in [5.41, 5.74) is 2.78. The van der Waals surface area contributed by atoms with Crippen molar-refractivity contribution in [3.8, 4) is 5.75 Å². The number of nitrogens with zero attached hydrogens (tertiary/aromatic N) is 1. The molecule has 1 aliphatic heterocycles. The van der Waals surface area contributed by atoms with Gasteiger partial charge in [-0.3, -0.25) is 0 Å². The maximum atomic E-state index is 5.91. The van der Waals surface area contributed by atoms with E-state index >= 15 is 0 Å². The largest absolute Gasteiger partial charge is 0.493 e. The molecule has 0 amide bonds. The fourth-order valence-corrected chi connectivity index (χ4v) is 4.19. The van der Waals surface area contributed by atoms with Gasteiger partial charge in [0.25, 0.3) is 0 Å². The van der Waals surface area contributed by atoms with E-state index in [0.717, 1.165) is 30.7 Å². The zero-order valence-corrected chi connectivity index (χ0v) is 17.2. The van der Waals surface area contributed by atoms with Gasteiger partial charge in [-0.05, 0) is 68.7 Å². The van der Waals surface area contributed by atoms with Crippen LogP contribution >= 0.6 is 0 Å². The number of rotatable bonds is 10. The molecule has 2 rings (SSSR count).